The molecular formula is C23H32N2O7. The molecule has 0 spiro atoms. The first-order chi connectivity index (χ1) is 15.6. The molecule has 2 saturated heterocycles. The lowest BCUT2D eigenvalue weighted by atomic mass is 9.84. The molecule has 0 aliphatic carbocycles. The molecule has 1 aromatic rings. The van der Waals surface area contributed by atoms with Gasteiger partial charge < -0.3 is 34.7 Å². The molecule has 1 aromatic carbocycles. The molecule has 0 unspecified atom stereocenters. The number of anilines is 1. The molecule has 3 N–H and O–H groups in total. The molecule has 0 bridgehead atoms. The van der Waals surface area contributed by atoms with E-state index in [2.05, 4.69) is 10.6 Å². The number of benzene rings is 1. The summed E-state index contributed by atoms with van der Waals surface area (Å²) in [5.74, 6) is 0.570. The zero-order valence-corrected chi connectivity index (χ0v) is 18.4. The second-order valence-electron chi connectivity index (χ2n) is 8.58. The Morgan fingerprint density at radius 3 is 2.81 bits per heavy atom. The first-order valence-electron chi connectivity index (χ1n) is 11.3. The van der Waals surface area contributed by atoms with Gasteiger partial charge in [0.25, 0.3) is 0 Å². The van der Waals surface area contributed by atoms with E-state index in [0.29, 0.717) is 32.8 Å². The minimum Gasteiger partial charge on any atom is -0.487 e. The molecule has 176 valence electrons. The summed E-state index contributed by atoms with van der Waals surface area (Å²) in [4.78, 5) is 24.9. The van der Waals surface area contributed by atoms with Gasteiger partial charge in [0.05, 0.1) is 25.7 Å². The van der Waals surface area contributed by atoms with E-state index in [4.69, 9.17) is 18.9 Å². The van der Waals surface area contributed by atoms with Crippen molar-refractivity contribution in [3.8, 4) is 5.75 Å². The Kier molecular flexibility index (Phi) is 7.62. The highest BCUT2D eigenvalue weighted by Crippen LogP contribution is 2.47. The zero-order chi connectivity index (χ0) is 22.5. The van der Waals surface area contributed by atoms with Crippen molar-refractivity contribution in [2.75, 3.05) is 45.4 Å². The van der Waals surface area contributed by atoms with Gasteiger partial charge in [-0.15, -0.1) is 0 Å². The number of aliphatic hydroxyl groups excluding tert-OH is 1. The van der Waals surface area contributed by atoms with E-state index in [1.54, 1.807) is 7.11 Å². The average Bonchev–Trinajstić information content (AvgIpc) is 3.17. The molecular weight excluding hydrogens is 416 g/mol. The van der Waals surface area contributed by atoms with Gasteiger partial charge in [0.1, 0.15) is 18.0 Å². The van der Waals surface area contributed by atoms with Crippen molar-refractivity contribution in [1.82, 2.24) is 5.32 Å². The quantitative estimate of drug-likeness (QED) is 0.512. The summed E-state index contributed by atoms with van der Waals surface area (Å²) in [5, 5.41) is 15.7. The predicted octanol–water partition coefficient (Wildman–Crippen LogP) is 1.20. The lowest BCUT2D eigenvalue weighted by Crippen LogP contribution is -2.47. The zero-order valence-electron chi connectivity index (χ0n) is 18.4. The monoisotopic (exact) mass is 448 g/mol. The number of nitrogens with one attached hydrogen (secondary N) is 2. The maximum atomic E-state index is 12.6. The third-order valence-corrected chi connectivity index (χ3v) is 6.40. The Balaban J connectivity index is 1.43. The molecule has 3 aliphatic heterocycles. The summed E-state index contributed by atoms with van der Waals surface area (Å²) in [6, 6.07) is 5.64. The molecule has 9 heteroatoms. The van der Waals surface area contributed by atoms with Crippen molar-refractivity contribution in [3.05, 3.63) is 23.8 Å². The minimum atomic E-state index is -0.516. The number of hydrogen-bond acceptors (Lipinski definition) is 7. The van der Waals surface area contributed by atoms with Crippen LogP contribution in [0.5, 0.6) is 5.75 Å². The number of fused-ring (bicyclic) bond motifs is 3. The van der Waals surface area contributed by atoms with Crippen molar-refractivity contribution in [2.45, 2.75) is 49.9 Å². The number of amides is 2. The van der Waals surface area contributed by atoms with Crippen molar-refractivity contribution >= 4 is 17.5 Å². The van der Waals surface area contributed by atoms with Crippen LogP contribution in [-0.2, 0) is 23.8 Å². The van der Waals surface area contributed by atoms with Crippen LogP contribution in [0.4, 0.5) is 5.69 Å². The Hall–Kier alpha value is -2.20. The van der Waals surface area contributed by atoms with Crippen LogP contribution in [0.15, 0.2) is 18.2 Å². The van der Waals surface area contributed by atoms with Crippen LogP contribution >= 0.6 is 0 Å². The predicted molar refractivity (Wildman–Crippen MR) is 116 cm³/mol. The maximum absolute atomic E-state index is 12.6. The number of carbonyl (C=O) groups excluding carboxylic acids is 2. The second-order valence-corrected chi connectivity index (χ2v) is 8.58. The molecule has 0 radical (unpaired) electrons. The Morgan fingerprint density at radius 2 is 2.06 bits per heavy atom. The number of aliphatic hydroxyl groups is 1. The maximum Gasteiger partial charge on any atom is 0.227 e. The molecule has 4 atom stereocenters. The van der Waals surface area contributed by atoms with Gasteiger partial charge in [-0.1, -0.05) is 0 Å². The van der Waals surface area contributed by atoms with Crippen LogP contribution in [0.25, 0.3) is 0 Å². The van der Waals surface area contributed by atoms with Crippen LogP contribution in [0, 0.1) is 5.92 Å². The van der Waals surface area contributed by atoms with Gasteiger partial charge in [-0.05, 0) is 37.5 Å². The van der Waals surface area contributed by atoms with E-state index in [1.807, 2.05) is 18.2 Å². The molecule has 0 saturated carbocycles. The highest BCUT2D eigenvalue weighted by Gasteiger charge is 2.46. The smallest absolute Gasteiger partial charge is 0.227 e. The SMILES string of the molecule is COCCNC(=O)C[C@@H]1C[C@@H]2c3cc(NC(=O)C4CCOCC4)ccc3O[C@@H]2[C@@H](CO)O1. The number of carbonyl (C=O) groups is 2. The van der Waals surface area contributed by atoms with Crippen molar-refractivity contribution < 1.29 is 33.6 Å². The number of rotatable bonds is 8. The fourth-order valence-electron chi connectivity index (χ4n) is 4.74. The van der Waals surface area contributed by atoms with Crippen LogP contribution in [0.2, 0.25) is 0 Å². The van der Waals surface area contributed by atoms with Crippen LogP contribution in [-0.4, -0.2) is 75.3 Å². The summed E-state index contributed by atoms with van der Waals surface area (Å²) >= 11 is 0. The van der Waals surface area contributed by atoms with Crippen LogP contribution in [0.1, 0.15) is 37.2 Å². The molecule has 32 heavy (non-hydrogen) atoms. The van der Waals surface area contributed by atoms with Crippen molar-refractivity contribution in [1.29, 1.82) is 0 Å². The summed E-state index contributed by atoms with van der Waals surface area (Å²) in [6.07, 6.45) is 1.11. The molecule has 2 amide bonds. The Labute approximate surface area is 187 Å². The number of hydrogen-bond donors (Lipinski definition) is 3. The first kappa shape index (κ1) is 23.0. The summed E-state index contributed by atoms with van der Waals surface area (Å²) < 4.78 is 22.4. The number of methoxy groups -OCH3 is 1. The summed E-state index contributed by atoms with van der Waals surface area (Å²) in [6.45, 7) is 1.93. The van der Waals surface area contributed by atoms with Gasteiger partial charge in [-0.3, -0.25) is 9.59 Å². The van der Waals surface area contributed by atoms with Gasteiger partial charge in [0, 0.05) is 50.0 Å². The van der Waals surface area contributed by atoms with Gasteiger partial charge in [-0.25, -0.2) is 0 Å². The second kappa shape index (κ2) is 10.6. The third-order valence-electron chi connectivity index (χ3n) is 6.40. The highest BCUT2D eigenvalue weighted by molar-refractivity contribution is 5.92. The topological polar surface area (TPSA) is 115 Å². The molecule has 9 nitrogen and oxygen atoms in total. The van der Waals surface area contributed by atoms with E-state index in [-0.39, 0.29) is 48.9 Å². The van der Waals surface area contributed by atoms with Crippen molar-refractivity contribution in [2.24, 2.45) is 5.92 Å². The highest BCUT2D eigenvalue weighted by atomic mass is 16.6. The normalized spacial score (nSPS) is 27.2. The van der Waals surface area contributed by atoms with E-state index in [1.165, 1.54) is 0 Å². The molecule has 4 rings (SSSR count). The lowest BCUT2D eigenvalue weighted by molar-refractivity contribution is -0.142. The van der Waals surface area contributed by atoms with Gasteiger partial charge in [0.15, 0.2) is 0 Å². The van der Waals surface area contributed by atoms with Gasteiger partial charge >= 0.3 is 0 Å². The fourth-order valence-corrected chi connectivity index (χ4v) is 4.74. The van der Waals surface area contributed by atoms with Crippen LogP contribution in [0.3, 0.4) is 0 Å². The van der Waals surface area contributed by atoms with E-state index >= 15 is 0 Å². The molecule has 2 fully saturated rings. The van der Waals surface area contributed by atoms with Crippen LogP contribution < -0.4 is 15.4 Å². The Morgan fingerprint density at radius 1 is 1.25 bits per heavy atom. The van der Waals surface area contributed by atoms with E-state index in [0.717, 1.165) is 29.8 Å². The molecule has 3 heterocycles. The molecule has 0 aromatic heterocycles. The van der Waals surface area contributed by atoms with E-state index in [9.17, 15) is 14.7 Å². The first-order valence-corrected chi connectivity index (χ1v) is 11.3. The van der Waals surface area contributed by atoms with Crippen molar-refractivity contribution in [3.63, 3.8) is 0 Å². The Bertz CT molecular complexity index is 812. The lowest BCUT2D eigenvalue weighted by Gasteiger charge is -2.37. The minimum absolute atomic E-state index is 0.00883. The third kappa shape index (κ3) is 5.23. The van der Waals surface area contributed by atoms with Gasteiger partial charge in [0.2, 0.25) is 11.8 Å². The van der Waals surface area contributed by atoms with Gasteiger partial charge in [-0.2, -0.15) is 0 Å². The van der Waals surface area contributed by atoms with E-state index < -0.39 is 6.10 Å². The largest absolute Gasteiger partial charge is 0.487 e. The summed E-state index contributed by atoms with van der Waals surface area (Å²) in [5.41, 5.74) is 1.71. The number of ether oxygens (including phenoxy) is 4. The fraction of sp³-hybridized carbons (Fsp3) is 0.652. The summed E-state index contributed by atoms with van der Waals surface area (Å²) in [7, 11) is 1.58. The average molecular weight is 449 g/mol. The standard InChI is InChI=1S/C23H32N2O7/c1-29-9-6-24-21(27)12-16-11-18-17-10-15(25-23(28)14-4-7-30-8-5-14)2-3-19(17)32-22(18)20(13-26)31-16/h2-3,10,14,16,18,20,22,26H,4-9,11-13H2,1H3,(H,24,27)(H,25,28)/t16-,18+,20+,22-/m0/s1. The molecule has 3 aliphatic rings.